The second-order valence-electron chi connectivity index (χ2n) is 7.26. The van der Waals surface area contributed by atoms with Gasteiger partial charge in [0.1, 0.15) is 5.75 Å². The van der Waals surface area contributed by atoms with E-state index in [1.54, 1.807) is 7.11 Å². The van der Waals surface area contributed by atoms with Crippen LogP contribution >= 0.6 is 15.9 Å². The maximum Gasteiger partial charge on any atom is 0.127 e. The number of aliphatic hydroxyl groups is 1. The van der Waals surface area contributed by atoms with Gasteiger partial charge in [0.2, 0.25) is 0 Å². The fourth-order valence-electron chi connectivity index (χ4n) is 5.51. The summed E-state index contributed by atoms with van der Waals surface area (Å²) in [5.74, 6) is 4.68. The van der Waals surface area contributed by atoms with E-state index in [-0.39, 0.29) is 6.10 Å². The predicted octanol–water partition coefficient (Wildman–Crippen LogP) is 4.40. The van der Waals surface area contributed by atoms with E-state index in [9.17, 15) is 5.11 Å². The van der Waals surface area contributed by atoms with Gasteiger partial charge in [-0.3, -0.25) is 0 Å². The average molecular weight is 351 g/mol. The molecular weight excluding hydrogens is 328 g/mol. The van der Waals surface area contributed by atoms with Gasteiger partial charge in [0.15, 0.2) is 0 Å². The Hall–Kier alpha value is -0.540. The molecular formula is C18H23BrO2. The minimum atomic E-state index is -0.366. The standard InChI is InChI=1S/C18H23BrO2/c1-8-6-12(19)9(2)13(18(8)21-3)17(20)16-14-10-4-5-11(7-10)15(14)16/h6,10-11,14-17,20H,4-5,7H2,1-3H3. The SMILES string of the molecule is COc1c(C)cc(Br)c(C)c1C(O)C1C2C3CCC(C3)C21. The average Bonchev–Trinajstić information content (AvgIpc) is 2.89. The van der Waals surface area contributed by atoms with Crippen molar-refractivity contribution in [3.8, 4) is 5.75 Å². The predicted molar refractivity (Wildman–Crippen MR) is 86.4 cm³/mol. The molecule has 0 radical (unpaired) electrons. The maximum atomic E-state index is 11.1. The summed E-state index contributed by atoms with van der Waals surface area (Å²) < 4.78 is 6.69. The Kier molecular flexibility index (Phi) is 3.17. The summed E-state index contributed by atoms with van der Waals surface area (Å²) in [6.07, 6.45) is 3.84. The molecule has 114 valence electrons. The van der Waals surface area contributed by atoms with Gasteiger partial charge in [-0.05, 0) is 79.9 Å². The molecule has 21 heavy (non-hydrogen) atoms. The van der Waals surface area contributed by atoms with Crippen molar-refractivity contribution in [3.63, 3.8) is 0 Å². The lowest BCUT2D eigenvalue weighted by atomic mass is 9.91. The number of aryl methyl sites for hydroxylation is 1. The zero-order valence-electron chi connectivity index (χ0n) is 12.9. The van der Waals surface area contributed by atoms with Crippen LogP contribution in [0.15, 0.2) is 10.5 Å². The lowest BCUT2D eigenvalue weighted by Gasteiger charge is -2.22. The van der Waals surface area contributed by atoms with Crippen molar-refractivity contribution in [1.29, 1.82) is 0 Å². The largest absolute Gasteiger partial charge is 0.496 e. The molecule has 0 aliphatic heterocycles. The zero-order chi connectivity index (χ0) is 14.9. The molecule has 3 aliphatic rings. The first-order chi connectivity index (χ1) is 10.0. The molecule has 0 spiro atoms. The van der Waals surface area contributed by atoms with Crippen molar-refractivity contribution in [2.75, 3.05) is 7.11 Å². The van der Waals surface area contributed by atoms with Gasteiger partial charge < -0.3 is 9.84 Å². The third-order valence-electron chi connectivity index (χ3n) is 6.37. The summed E-state index contributed by atoms with van der Waals surface area (Å²) in [5.41, 5.74) is 3.24. The van der Waals surface area contributed by atoms with Gasteiger partial charge in [-0.2, -0.15) is 0 Å². The second-order valence-corrected chi connectivity index (χ2v) is 8.11. The monoisotopic (exact) mass is 350 g/mol. The first-order valence-corrected chi connectivity index (χ1v) is 8.85. The number of aliphatic hydroxyl groups excluding tert-OH is 1. The van der Waals surface area contributed by atoms with E-state index in [2.05, 4.69) is 35.8 Å². The normalized spacial score (nSPS) is 37.5. The smallest absolute Gasteiger partial charge is 0.127 e. The van der Waals surface area contributed by atoms with Gasteiger partial charge in [-0.15, -0.1) is 0 Å². The lowest BCUT2D eigenvalue weighted by Crippen LogP contribution is -2.12. The number of benzene rings is 1. The fourth-order valence-corrected chi connectivity index (χ4v) is 6.07. The van der Waals surface area contributed by atoms with Crippen molar-refractivity contribution in [1.82, 2.24) is 0 Å². The maximum absolute atomic E-state index is 11.1. The third-order valence-corrected chi connectivity index (χ3v) is 7.19. The Balaban J connectivity index is 1.71. The number of rotatable bonds is 3. The highest BCUT2D eigenvalue weighted by atomic mass is 79.9. The third kappa shape index (κ3) is 1.86. The summed E-state index contributed by atoms with van der Waals surface area (Å²) in [6.45, 7) is 4.13. The topological polar surface area (TPSA) is 29.5 Å². The van der Waals surface area contributed by atoms with Crippen LogP contribution in [0, 0.1) is 43.4 Å². The highest BCUT2D eigenvalue weighted by Crippen LogP contribution is 2.72. The summed E-state index contributed by atoms with van der Waals surface area (Å²) in [6, 6.07) is 2.09. The van der Waals surface area contributed by atoms with Gasteiger partial charge in [0.25, 0.3) is 0 Å². The molecule has 0 heterocycles. The summed E-state index contributed by atoms with van der Waals surface area (Å²) in [5, 5.41) is 11.1. The molecule has 5 unspecified atom stereocenters. The lowest BCUT2D eigenvalue weighted by molar-refractivity contribution is 0.126. The van der Waals surface area contributed by atoms with Crippen molar-refractivity contribution in [3.05, 3.63) is 27.2 Å². The molecule has 3 heteroatoms. The van der Waals surface area contributed by atoms with Crippen LogP contribution in [0.25, 0.3) is 0 Å². The van der Waals surface area contributed by atoms with Crippen LogP contribution in [0.1, 0.15) is 42.1 Å². The fraction of sp³-hybridized carbons (Fsp3) is 0.667. The Bertz CT molecular complexity index is 581. The van der Waals surface area contributed by atoms with Crippen LogP contribution in [0.2, 0.25) is 0 Å². The molecule has 1 aromatic rings. The van der Waals surface area contributed by atoms with E-state index < -0.39 is 0 Å². The number of fused-ring (bicyclic) bond motifs is 5. The summed E-state index contributed by atoms with van der Waals surface area (Å²) in [7, 11) is 1.71. The molecule has 1 aromatic carbocycles. The molecule has 2 bridgehead atoms. The van der Waals surface area contributed by atoms with E-state index in [0.717, 1.165) is 50.6 Å². The molecule has 3 fully saturated rings. The van der Waals surface area contributed by atoms with E-state index in [4.69, 9.17) is 4.74 Å². The van der Waals surface area contributed by atoms with Crippen molar-refractivity contribution >= 4 is 15.9 Å². The van der Waals surface area contributed by atoms with Gasteiger partial charge in [-0.1, -0.05) is 15.9 Å². The number of hydrogen-bond acceptors (Lipinski definition) is 2. The van der Waals surface area contributed by atoms with Gasteiger partial charge in [0, 0.05) is 10.0 Å². The second kappa shape index (κ2) is 4.73. The molecule has 5 atom stereocenters. The van der Waals surface area contributed by atoms with Crippen molar-refractivity contribution in [2.24, 2.45) is 29.6 Å². The Morgan fingerprint density at radius 2 is 1.86 bits per heavy atom. The molecule has 4 rings (SSSR count). The van der Waals surface area contributed by atoms with Gasteiger partial charge >= 0.3 is 0 Å². The van der Waals surface area contributed by atoms with E-state index in [0.29, 0.717) is 5.92 Å². The molecule has 2 nitrogen and oxygen atoms in total. The van der Waals surface area contributed by atoms with Crippen LogP contribution in [0.3, 0.4) is 0 Å². The Morgan fingerprint density at radius 1 is 1.24 bits per heavy atom. The number of ether oxygens (including phenoxy) is 1. The van der Waals surface area contributed by atoms with Gasteiger partial charge in [-0.25, -0.2) is 0 Å². The number of methoxy groups -OCH3 is 1. The first kappa shape index (κ1) is 14.1. The van der Waals surface area contributed by atoms with E-state index in [1.165, 1.54) is 19.3 Å². The highest BCUT2D eigenvalue weighted by molar-refractivity contribution is 9.10. The molecule has 1 N–H and O–H groups in total. The van der Waals surface area contributed by atoms with E-state index >= 15 is 0 Å². The zero-order valence-corrected chi connectivity index (χ0v) is 14.5. The van der Waals surface area contributed by atoms with E-state index in [1.807, 2.05) is 0 Å². The Morgan fingerprint density at radius 3 is 2.43 bits per heavy atom. The summed E-state index contributed by atoms with van der Waals surface area (Å²) in [4.78, 5) is 0. The Labute approximate surface area is 135 Å². The number of halogens is 1. The van der Waals surface area contributed by atoms with Crippen molar-refractivity contribution in [2.45, 2.75) is 39.2 Å². The minimum absolute atomic E-state index is 0.366. The van der Waals surface area contributed by atoms with Crippen LogP contribution in [0.5, 0.6) is 5.75 Å². The quantitative estimate of drug-likeness (QED) is 0.875. The van der Waals surface area contributed by atoms with Crippen LogP contribution < -0.4 is 4.74 Å². The van der Waals surface area contributed by atoms with Crippen LogP contribution in [-0.2, 0) is 0 Å². The first-order valence-electron chi connectivity index (χ1n) is 8.06. The molecule has 3 aliphatic carbocycles. The van der Waals surface area contributed by atoms with Gasteiger partial charge in [0.05, 0.1) is 13.2 Å². The molecule has 3 saturated carbocycles. The summed E-state index contributed by atoms with van der Waals surface area (Å²) >= 11 is 3.63. The van der Waals surface area contributed by atoms with Crippen LogP contribution in [0.4, 0.5) is 0 Å². The van der Waals surface area contributed by atoms with Crippen LogP contribution in [-0.4, -0.2) is 12.2 Å². The molecule has 0 saturated heterocycles. The minimum Gasteiger partial charge on any atom is -0.496 e. The molecule has 0 aromatic heterocycles. The molecule has 0 amide bonds. The van der Waals surface area contributed by atoms with Crippen molar-refractivity contribution < 1.29 is 9.84 Å². The highest BCUT2D eigenvalue weighted by Gasteiger charge is 2.67. The number of hydrogen-bond donors (Lipinski definition) is 1.